The van der Waals surface area contributed by atoms with Crippen LogP contribution in [0.15, 0.2) is 30.9 Å². The summed E-state index contributed by atoms with van der Waals surface area (Å²) in [7, 11) is 0. The van der Waals surface area contributed by atoms with Crippen molar-refractivity contribution < 1.29 is 14.2 Å². The van der Waals surface area contributed by atoms with E-state index in [0.29, 0.717) is 6.61 Å². The van der Waals surface area contributed by atoms with Crippen LogP contribution in [-0.2, 0) is 0 Å². The molecule has 3 heteroatoms. The highest BCUT2D eigenvalue weighted by Gasteiger charge is 2.31. The summed E-state index contributed by atoms with van der Waals surface area (Å²) in [4.78, 5) is 0. The number of rotatable bonds is 3. The van der Waals surface area contributed by atoms with Gasteiger partial charge in [-0.15, -0.1) is 0 Å². The van der Waals surface area contributed by atoms with Crippen molar-refractivity contribution in [2.45, 2.75) is 19.6 Å². The quantitative estimate of drug-likeness (QED) is 0.712. The smallest absolute Gasteiger partial charge is 0.246 e. The molecule has 0 radical (unpaired) electrons. The Morgan fingerprint density at radius 2 is 2.07 bits per heavy atom. The molecule has 0 N–H and O–H groups in total. The van der Waals surface area contributed by atoms with Crippen LogP contribution in [-0.4, -0.2) is 12.4 Å². The second-order valence-corrected chi connectivity index (χ2v) is 3.81. The molecule has 1 aliphatic rings. The fourth-order valence-corrected chi connectivity index (χ4v) is 1.45. The van der Waals surface area contributed by atoms with Crippen molar-refractivity contribution in [1.29, 1.82) is 0 Å². The Morgan fingerprint density at radius 3 is 2.80 bits per heavy atom. The standard InChI is InChI=1S/C12H14O3/c1-4-7-13-9-5-6-10-11(8-9)15-12(2,3)14-10/h4-6,8H,1,7H2,2-3H3. The lowest BCUT2D eigenvalue weighted by Crippen LogP contribution is -2.29. The predicted molar refractivity (Wildman–Crippen MR) is 57.5 cm³/mol. The van der Waals surface area contributed by atoms with Crippen molar-refractivity contribution in [2.24, 2.45) is 0 Å². The minimum atomic E-state index is -0.584. The van der Waals surface area contributed by atoms with Gasteiger partial charge in [-0.2, -0.15) is 0 Å². The summed E-state index contributed by atoms with van der Waals surface area (Å²) in [5.74, 6) is 1.65. The van der Waals surface area contributed by atoms with Crippen molar-refractivity contribution in [1.82, 2.24) is 0 Å². The molecular weight excluding hydrogens is 192 g/mol. The van der Waals surface area contributed by atoms with Crippen molar-refractivity contribution >= 4 is 0 Å². The van der Waals surface area contributed by atoms with Crippen LogP contribution in [0.1, 0.15) is 13.8 Å². The fourth-order valence-electron chi connectivity index (χ4n) is 1.45. The van der Waals surface area contributed by atoms with E-state index < -0.39 is 5.79 Å². The first-order valence-electron chi connectivity index (χ1n) is 4.86. The van der Waals surface area contributed by atoms with Crippen molar-refractivity contribution in [2.75, 3.05) is 6.61 Å². The average molecular weight is 206 g/mol. The number of benzene rings is 1. The molecule has 80 valence electrons. The molecule has 0 bridgehead atoms. The SMILES string of the molecule is C=CCOc1ccc2c(c1)OC(C)(C)O2. The lowest BCUT2D eigenvalue weighted by molar-refractivity contribution is -0.0431. The van der Waals surface area contributed by atoms with Gasteiger partial charge >= 0.3 is 0 Å². The summed E-state index contributed by atoms with van der Waals surface area (Å²) >= 11 is 0. The average Bonchev–Trinajstić information content (AvgIpc) is 2.47. The zero-order valence-corrected chi connectivity index (χ0v) is 8.95. The normalized spacial score (nSPS) is 16.1. The maximum atomic E-state index is 5.59. The van der Waals surface area contributed by atoms with E-state index in [0.717, 1.165) is 17.2 Å². The zero-order valence-electron chi connectivity index (χ0n) is 8.95. The molecule has 0 saturated carbocycles. The number of hydrogen-bond donors (Lipinski definition) is 0. The summed E-state index contributed by atoms with van der Waals surface area (Å²) in [6.07, 6.45) is 1.70. The molecule has 0 fully saturated rings. The third-order valence-corrected chi connectivity index (χ3v) is 1.99. The van der Waals surface area contributed by atoms with E-state index in [2.05, 4.69) is 6.58 Å². The van der Waals surface area contributed by atoms with E-state index in [9.17, 15) is 0 Å². The Labute approximate surface area is 89.3 Å². The van der Waals surface area contributed by atoms with Gasteiger partial charge in [-0.1, -0.05) is 12.7 Å². The molecule has 0 spiro atoms. The second-order valence-electron chi connectivity index (χ2n) is 3.81. The van der Waals surface area contributed by atoms with E-state index in [-0.39, 0.29) is 0 Å². The summed E-state index contributed by atoms with van der Waals surface area (Å²) in [5.41, 5.74) is 0. The second kappa shape index (κ2) is 3.50. The molecule has 0 aliphatic carbocycles. The van der Waals surface area contributed by atoms with Gasteiger partial charge in [0.15, 0.2) is 11.5 Å². The first kappa shape index (κ1) is 9.90. The Bertz CT molecular complexity index is 382. The Kier molecular flexibility index (Phi) is 2.31. The zero-order chi connectivity index (χ0) is 10.9. The molecule has 1 aromatic carbocycles. The third-order valence-electron chi connectivity index (χ3n) is 1.99. The molecule has 3 nitrogen and oxygen atoms in total. The topological polar surface area (TPSA) is 27.7 Å². The van der Waals surface area contributed by atoms with Crippen LogP contribution >= 0.6 is 0 Å². The highest BCUT2D eigenvalue weighted by Crippen LogP contribution is 2.41. The Morgan fingerprint density at radius 1 is 1.33 bits per heavy atom. The number of hydrogen-bond acceptors (Lipinski definition) is 3. The number of fused-ring (bicyclic) bond motifs is 1. The fraction of sp³-hybridized carbons (Fsp3) is 0.333. The van der Waals surface area contributed by atoms with E-state index >= 15 is 0 Å². The molecule has 0 unspecified atom stereocenters. The van der Waals surface area contributed by atoms with E-state index in [4.69, 9.17) is 14.2 Å². The predicted octanol–water partition coefficient (Wildman–Crippen LogP) is 2.76. The van der Waals surface area contributed by atoms with Crippen LogP contribution in [0.3, 0.4) is 0 Å². The molecule has 0 aromatic heterocycles. The highest BCUT2D eigenvalue weighted by molar-refractivity contribution is 5.47. The summed E-state index contributed by atoms with van der Waals surface area (Å²) in [5, 5.41) is 0. The Balaban J connectivity index is 2.18. The lowest BCUT2D eigenvalue weighted by atomic mass is 10.3. The van der Waals surface area contributed by atoms with Crippen LogP contribution in [0, 0.1) is 0 Å². The van der Waals surface area contributed by atoms with E-state index in [1.165, 1.54) is 0 Å². The van der Waals surface area contributed by atoms with Gasteiger partial charge in [0.05, 0.1) is 0 Å². The minimum Gasteiger partial charge on any atom is -0.489 e. The van der Waals surface area contributed by atoms with Crippen LogP contribution in [0.4, 0.5) is 0 Å². The first-order valence-corrected chi connectivity index (χ1v) is 4.86. The van der Waals surface area contributed by atoms with Crippen LogP contribution in [0.5, 0.6) is 17.2 Å². The van der Waals surface area contributed by atoms with Gasteiger partial charge in [0.2, 0.25) is 5.79 Å². The van der Waals surface area contributed by atoms with Gasteiger partial charge in [-0.25, -0.2) is 0 Å². The largest absolute Gasteiger partial charge is 0.489 e. The van der Waals surface area contributed by atoms with Crippen LogP contribution in [0.25, 0.3) is 0 Å². The van der Waals surface area contributed by atoms with Gasteiger partial charge in [-0.3, -0.25) is 0 Å². The molecular formula is C12H14O3. The van der Waals surface area contributed by atoms with Gasteiger partial charge in [0.25, 0.3) is 0 Å². The lowest BCUT2D eigenvalue weighted by Gasteiger charge is -2.16. The molecule has 15 heavy (non-hydrogen) atoms. The molecule has 0 saturated heterocycles. The van der Waals surface area contributed by atoms with Crippen molar-refractivity contribution in [3.8, 4) is 17.2 Å². The molecule has 1 heterocycles. The van der Waals surface area contributed by atoms with E-state index in [1.54, 1.807) is 6.08 Å². The molecule has 1 aromatic rings. The van der Waals surface area contributed by atoms with Crippen LogP contribution in [0.2, 0.25) is 0 Å². The molecule has 2 rings (SSSR count). The van der Waals surface area contributed by atoms with Crippen molar-refractivity contribution in [3.05, 3.63) is 30.9 Å². The maximum absolute atomic E-state index is 5.59. The van der Waals surface area contributed by atoms with E-state index in [1.807, 2.05) is 32.0 Å². The summed E-state index contributed by atoms with van der Waals surface area (Å²) in [6, 6.07) is 5.53. The van der Waals surface area contributed by atoms with Crippen molar-refractivity contribution in [3.63, 3.8) is 0 Å². The maximum Gasteiger partial charge on any atom is 0.246 e. The Hall–Kier alpha value is -1.64. The number of ether oxygens (including phenoxy) is 3. The van der Waals surface area contributed by atoms with Crippen LogP contribution < -0.4 is 14.2 Å². The monoisotopic (exact) mass is 206 g/mol. The summed E-state index contributed by atoms with van der Waals surface area (Å²) < 4.78 is 16.5. The first-order chi connectivity index (χ1) is 7.11. The van der Waals surface area contributed by atoms with Gasteiger partial charge in [0, 0.05) is 19.9 Å². The molecule has 0 atom stereocenters. The third kappa shape index (κ3) is 2.06. The van der Waals surface area contributed by atoms with Gasteiger partial charge < -0.3 is 14.2 Å². The minimum absolute atomic E-state index is 0.489. The highest BCUT2D eigenvalue weighted by atomic mass is 16.7. The van der Waals surface area contributed by atoms with Gasteiger partial charge in [0.1, 0.15) is 12.4 Å². The molecule has 1 aliphatic heterocycles. The molecule has 0 amide bonds. The summed E-state index contributed by atoms with van der Waals surface area (Å²) in [6.45, 7) is 7.82. The van der Waals surface area contributed by atoms with Gasteiger partial charge in [-0.05, 0) is 12.1 Å².